The first-order valence-corrected chi connectivity index (χ1v) is 11.1. The second-order valence-electron chi connectivity index (χ2n) is 8.11. The Morgan fingerprint density at radius 3 is 2.22 bits per heavy atom. The third kappa shape index (κ3) is 3.49. The van der Waals surface area contributed by atoms with Crippen molar-refractivity contribution in [3.05, 3.63) is 29.8 Å². The molecule has 0 amide bonds. The van der Waals surface area contributed by atoms with Crippen LogP contribution in [0.5, 0.6) is 5.75 Å². The summed E-state index contributed by atoms with van der Waals surface area (Å²) in [6.45, 7) is 4.97. The van der Waals surface area contributed by atoms with Gasteiger partial charge in [-0.3, -0.25) is 4.90 Å². The van der Waals surface area contributed by atoms with Crippen LogP contribution in [-0.4, -0.2) is 93.8 Å². The summed E-state index contributed by atoms with van der Waals surface area (Å²) < 4.78 is 34.9. The third-order valence-electron chi connectivity index (χ3n) is 6.43. The number of hydrogen-bond acceptors (Lipinski definition) is 5. The summed E-state index contributed by atoms with van der Waals surface area (Å²) in [6.07, 6.45) is 0. The van der Waals surface area contributed by atoms with Crippen molar-refractivity contribution in [2.45, 2.75) is 6.04 Å². The number of hydrogen-bond donors (Lipinski definition) is 0. The lowest BCUT2D eigenvalue weighted by atomic mass is 9.89. The van der Waals surface area contributed by atoms with Crippen molar-refractivity contribution in [2.75, 3.05) is 67.0 Å². The Kier molecular flexibility index (Phi) is 5.20. The fraction of sp³-hybridized carbons (Fsp3) is 0.684. The van der Waals surface area contributed by atoms with Crippen LogP contribution in [0.15, 0.2) is 24.3 Å². The highest BCUT2D eigenvalue weighted by atomic mass is 32.2. The van der Waals surface area contributed by atoms with Crippen LogP contribution in [0.25, 0.3) is 0 Å². The SMILES string of the molecule is COc1ccc([C@@H]2[C@@H]3CN(S(=O)(=O)N4CCN(C)CC4)C[C@@H]3CN2C)cc1. The number of likely N-dealkylation sites (tertiary alicyclic amines) is 1. The number of fused-ring (bicyclic) bond motifs is 1. The van der Waals surface area contributed by atoms with Crippen molar-refractivity contribution in [1.82, 2.24) is 18.4 Å². The van der Waals surface area contributed by atoms with Gasteiger partial charge >= 0.3 is 0 Å². The molecule has 0 radical (unpaired) electrons. The number of likely N-dealkylation sites (N-methyl/N-ethyl adjacent to an activating group) is 1. The van der Waals surface area contributed by atoms with Gasteiger partial charge in [-0.1, -0.05) is 12.1 Å². The highest BCUT2D eigenvalue weighted by Crippen LogP contribution is 2.45. The van der Waals surface area contributed by atoms with E-state index in [0.29, 0.717) is 38.0 Å². The molecule has 1 aromatic rings. The Morgan fingerprint density at radius 2 is 1.59 bits per heavy atom. The topological polar surface area (TPSA) is 56.3 Å². The fourth-order valence-electron chi connectivity index (χ4n) is 4.89. The first-order valence-electron chi connectivity index (χ1n) is 9.68. The molecule has 7 nitrogen and oxygen atoms in total. The van der Waals surface area contributed by atoms with Gasteiger partial charge < -0.3 is 9.64 Å². The summed E-state index contributed by atoms with van der Waals surface area (Å²) in [5.74, 6) is 1.58. The molecule has 0 unspecified atom stereocenters. The van der Waals surface area contributed by atoms with E-state index in [9.17, 15) is 8.42 Å². The fourth-order valence-corrected chi connectivity index (χ4v) is 6.58. The van der Waals surface area contributed by atoms with E-state index in [1.54, 1.807) is 15.7 Å². The molecule has 3 fully saturated rings. The van der Waals surface area contributed by atoms with Crippen LogP contribution in [0.3, 0.4) is 0 Å². The molecule has 0 aliphatic carbocycles. The molecule has 1 aromatic carbocycles. The summed E-state index contributed by atoms with van der Waals surface area (Å²) in [6, 6.07) is 8.46. The summed E-state index contributed by atoms with van der Waals surface area (Å²) in [5, 5.41) is 0. The smallest absolute Gasteiger partial charge is 0.282 e. The average molecular weight is 395 g/mol. The summed E-state index contributed by atoms with van der Waals surface area (Å²) in [4.78, 5) is 4.55. The largest absolute Gasteiger partial charge is 0.497 e. The zero-order chi connectivity index (χ0) is 19.2. The maximum Gasteiger partial charge on any atom is 0.282 e. The predicted molar refractivity (Wildman–Crippen MR) is 105 cm³/mol. The number of benzene rings is 1. The van der Waals surface area contributed by atoms with Crippen LogP contribution >= 0.6 is 0 Å². The van der Waals surface area contributed by atoms with E-state index >= 15 is 0 Å². The van der Waals surface area contributed by atoms with E-state index < -0.39 is 10.2 Å². The van der Waals surface area contributed by atoms with Crippen molar-refractivity contribution in [2.24, 2.45) is 11.8 Å². The van der Waals surface area contributed by atoms with Crippen LogP contribution in [0, 0.1) is 11.8 Å². The van der Waals surface area contributed by atoms with Gasteiger partial charge in [-0.15, -0.1) is 0 Å². The Balaban J connectivity index is 1.50. The van der Waals surface area contributed by atoms with Crippen LogP contribution in [0.1, 0.15) is 11.6 Å². The third-order valence-corrected chi connectivity index (χ3v) is 8.40. The van der Waals surface area contributed by atoms with E-state index in [-0.39, 0.29) is 6.04 Å². The Labute approximate surface area is 162 Å². The predicted octanol–water partition coefficient (Wildman–Crippen LogP) is 0.722. The highest BCUT2D eigenvalue weighted by Gasteiger charge is 2.50. The minimum atomic E-state index is -3.36. The van der Waals surface area contributed by atoms with Gasteiger partial charge in [0.2, 0.25) is 0 Å². The van der Waals surface area contributed by atoms with Gasteiger partial charge in [0.15, 0.2) is 0 Å². The average Bonchev–Trinajstić information content (AvgIpc) is 3.19. The van der Waals surface area contributed by atoms with Crippen molar-refractivity contribution in [1.29, 1.82) is 0 Å². The van der Waals surface area contributed by atoms with Crippen LogP contribution in [0.2, 0.25) is 0 Å². The Morgan fingerprint density at radius 1 is 0.926 bits per heavy atom. The molecular formula is C19H30N4O3S. The van der Waals surface area contributed by atoms with E-state index in [1.807, 2.05) is 19.2 Å². The van der Waals surface area contributed by atoms with Crippen molar-refractivity contribution in [3.63, 3.8) is 0 Å². The minimum absolute atomic E-state index is 0.258. The standard InChI is InChI=1S/C19H30N4O3S/c1-20-8-10-22(11-9-20)27(24,25)23-13-16-12-21(2)19(18(16)14-23)15-4-6-17(26-3)7-5-15/h4-7,16,18-19H,8-14H2,1-3H3/t16-,18+,19+/m0/s1. The van der Waals surface area contributed by atoms with Gasteiger partial charge in [-0.2, -0.15) is 17.0 Å². The summed E-state index contributed by atoms with van der Waals surface area (Å²) in [5.41, 5.74) is 1.24. The Hall–Kier alpha value is -1.19. The number of piperazine rings is 1. The lowest BCUT2D eigenvalue weighted by molar-refractivity contribution is 0.209. The van der Waals surface area contributed by atoms with Crippen molar-refractivity contribution < 1.29 is 13.2 Å². The lowest BCUT2D eigenvalue weighted by Crippen LogP contribution is -2.52. The van der Waals surface area contributed by atoms with E-state index in [4.69, 9.17) is 4.74 Å². The molecule has 3 saturated heterocycles. The number of nitrogens with zero attached hydrogens (tertiary/aromatic N) is 4. The minimum Gasteiger partial charge on any atom is -0.497 e. The normalized spacial score (nSPS) is 31.3. The maximum atomic E-state index is 13.1. The quantitative estimate of drug-likeness (QED) is 0.753. The highest BCUT2D eigenvalue weighted by molar-refractivity contribution is 7.86. The van der Waals surface area contributed by atoms with Gasteiger partial charge in [-0.05, 0) is 43.6 Å². The first kappa shape index (κ1) is 19.1. The number of methoxy groups -OCH3 is 1. The number of rotatable bonds is 4. The van der Waals surface area contributed by atoms with Crippen LogP contribution < -0.4 is 4.74 Å². The molecule has 0 saturated carbocycles. The molecule has 0 bridgehead atoms. The molecule has 4 rings (SSSR count). The van der Waals surface area contributed by atoms with Crippen LogP contribution in [0.4, 0.5) is 0 Å². The molecule has 0 aromatic heterocycles. The summed E-state index contributed by atoms with van der Waals surface area (Å²) >= 11 is 0. The first-order chi connectivity index (χ1) is 12.9. The molecule has 0 spiro atoms. The van der Waals surface area contributed by atoms with Gasteiger partial charge in [0.05, 0.1) is 7.11 Å². The van der Waals surface area contributed by atoms with Crippen molar-refractivity contribution >= 4 is 10.2 Å². The molecule has 0 N–H and O–H groups in total. The second kappa shape index (κ2) is 7.33. The molecular weight excluding hydrogens is 364 g/mol. The molecule has 8 heteroatoms. The van der Waals surface area contributed by atoms with Crippen LogP contribution in [-0.2, 0) is 10.2 Å². The van der Waals surface area contributed by atoms with Gasteiger partial charge in [0, 0.05) is 51.9 Å². The maximum absolute atomic E-state index is 13.1. The number of ether oxygens (including phenoxy) is 1. The molecule has 3 aliphatic rings. The Bertz CT molecular complexity index is 762. The van der Waals surface area contributed by atoms with Gasteiger partial charge in [-0.25, -0.2) is 0 Å². The van der Waals surface area contributed by atoms with Gasteiger partial charge in [0.1, 0.15) is 5.75 Å². The van der Waals surface area contributed by atoms with Crippen molar-refractivity contribution in [3.8, 4) is 5.75 Å². The van der Waals surface area contributed by atoms with Gasteiger partial charge in [0.25, 0.3) is 10.2 Å². The van der Waals surface area contributed by atoms with E-state index in [0.717, 1.165) is 25.4 Å². The molecule has 3 aliphatic heterocycles. The lowest BCUT2D eigenvalue weighted by Gasteiger charge is -2.34. The zero-order valence-electron chi connectivity index (χ0n) is 16.4. The van der Waals surface area contributed by atoms with E-state index in [2.05, 4.69) is 29.0 Å². The van der Waals surface area contributed by atoms with E-state index in [1.165, 1.54) is 5.56 Å². The molecule has 3 heterocycles. The molecule has 3 atom stereocenters. The zero-order valence-corrected chi connectivity index (χ0v) is 17.2. The summed E-state index contributed by atoms with van der Waals surface area (Å²) in [7, 11) is 2.50. The molecule has 150 valence electrons. The monoisotopic (exact) mass is 394 g/mol. The molecule has 27 heavy (non-hydrogen) atoms. The second-order valence-corrected chi connectivity index (χ2v) is 10.0.